The Morgan fingerprint density at radius 2 is 2.10 bits per heavy atom. The first-order valence-corrected chi connectivity index (χ1v) is 7.71. The second-order valence-electron chi connectivity index (χ2n) is 4.57. The summed E-state index contributed by atoms with van der Waals surface area (Å²) in [4.78, 5) is 23.5. The highest BCUT2D eigenvalue weighted by molar-refractivity contribution is 7.88. The number of Topliss-reactive ketones (excluding diaryl/α,β-unsaturated/α-hetero) is 1. The van der Waals surface area contributed by atoms with E-state index in [1.165, 1.54) is 19.3 Å². The van der Waals surface area contributed by atoms with Gasteiger partial charge < -0.3 is 13.9 Å². The van der Waals surface area contributed by atoms with Crippen molar-refractivity contribution >= 4 is 21.8 Å². The highest BCUT2D eigenvalue weighted by Gasteiger charge is 2.52. The maximum absolute atomic E-state index is 12.4. The van der Waals surface area contributed by atoms with Crippen LogP contribution in [0.1, 0.15) is 19.6 Å². The molecule has 8 nitrogen and oxygen atoms in total. The number of ketones is 1. The fourth-order valence-corrected chi connectivity index (χ4v) is 2.27. The van der Waals surface area contributed by atoms with Gasteiger partial charge in [-0.05, 0) is 19.1 Å². The van der Waals surface area contributed by atoms with Crippen LogP contribution in [0.4, 0.5) is 0 Å². The van der Waals surface area contributed by atoms with Crippen LogP contribution in [-0.2, 0) is 34.7 Å². The van der Waals surface area contributed by atoms with Crippen LogP contribution >= 0.6 is 0 Å². The normalized spacial score (nSPS) is 22.1. The van der Waals surface area contributed by atoms with Crippen LogP contribution in [0.3, 0.4) is 0 Å². The molecule has 0 saturated heterocycles. The monoisotopic (exact) mass is 315 g/mol. The Hall–Kier alpha value is -2.29. The van der Waals surface area contributed by atoms with Gasteiger partial charge in [-0.2, -0.15) is 0 Å². The van der Waals surface area contributed by atoms with E-state index in [0.717, 1.165) is 13.2 Å². The van der Waals surface area contributed by atoms with Crippen molar-refractivity contribution in [2.24, 2.45) is 0 Å². The number of carbonyl (C=O) groups is 2. The van der Waals surface area contributed by atoms with Gasteiger partial charge in [-0.25, -0.2) is 8.42 Å². The first-order chi connectivity index (χ1) is 9.63. The van der Waals surface area contributed by atoms with Crippen molar-refractivity contribution in [3.05, 3.63) is 35.8 Å². The average Bonchev–Trinajstić information content (AvgIpc) is 2.92. The van der Waals surface area contributed by atoms with Crippen molar-refractivity contribution in [1.29, 1.82) is 0 Å². The van der Waals surface area contributed by atoms with Crippen molar-refractivity contribution in [2.75, 3.05) is 6.26 Å². The van der Waals surface area contributed by atoms with E-state index in [2.05, 4.69) is 0 Å². The predicted octanol–water partition coefficient (Wildman–Crippen LogP) is 0.375. The number of rotatable bonds is 4. The second kappa shape index (κ2) is 4.92. The lowest BCUT2D eigenvalue weighted by Crippen LogP contribution is -2.32. The lowest BCUT2D eigenvalue weighted by molar-refractivity contribution is -0.142. The third-order valence-electron chi connectivity index (χ3n) is 2.67. The number of nitrogens with one attached hydrogen (secondary N) is 1. The van der Waals surface area contributed by atoms with Gasteiger partial charge >= 0.3 is 5.97 Å². The minimum absolute atomic E-state index is 0.155. The van der Waals surface area contributed by atoms with E-state index in [-0.39, 0.29) is 5.76 Å². The molecule has 0 aromatic carbocycles. The Kier molecular flexibility index (Phi) is 3.54. The zero-order valence-corrected chi connectivity index (χ0v) is 12.3. The van der Waals surface area contributed by atoms with Crippen LogP contribution in [0.25, 0.3) is 0 Å². The van der Waals surface area contributed by atoms with Crippen LogP contribution in [0, 0.1) is 0 Å². The SMILES string of the molecule is CC(=O)OC1=C(NS(C)(=O)=O)OC(C)(c2ccco2)C1=O. The Morgan fingerprint density at radius 1 is 1.43 bits per heavy atom. The van der Waals surface area contributed by atoms with Crippen molar-refractivity contribution in [3.8, 4) is 0 Å². The van der Waals surface area contributed by atoms with E-state index in [0.29, 0.717) is 0 Å². The zero-order valence-electron chi connectivity index (χ0n) is 11.5. The lowest BCUT2D eigenvalue weighted by Gasteiger charge is -2.20. The molecule has 0 aliphatic carbocycles. The molecule has 0 saturated carbocycles. The summed E-state index contributed by atoms with van der Waals surface area (Å²) in [5, 5.41) is 0. The number of esters is 1. The Bertz CT molecular complexity index is 717. The molecule has 0 radical (unpaired) electrons. The summed E-state index contributed by atoms with van der Waals surface area (Å²) < 4.78 is 39.9. The van der Waals surface area contributed by atoms with E-state index in [1.54, 1.807) is 6.07 Å². The molecule has 1 aromatic rings. The summed E-state index contributed by atoms with van der Waals surface area (Å²) in [5.41, 5.74) is -1.61. The molecule has 1 atom stereocenters. The Balaban J connectivity index is 2.45. The fourth-order valence-electron chi connectivity index (χ4n) is 1.80. The molecule has 9 heteroatoms. The topological polar surface area (TPSA) is 112 Å². The molecule has 114 valence electrons. The van der Waals surface area contributed by atoms with Gasteiger partial charge in [0, 0.05) is 6.92 Å². The van der Waals surface area contributed by atoms with E-state index in [1.807, 2.05) is 4.72 Å². The van der Waals surface area contributed by atoms with Crippen molar-refractivity contribution in [2.45, 2.75) is 19.4 Å². The first-order valence-electron chi connectivity index (χ1n) is 5.82. The van der Waals surface area contributed by atoms with Crippen LogP contribution < -0.4 is 4.72 Å². The molecule has 0 fully saturated rings. The molecular weight excluding hydrogens is 302 g/mol. The molecule has 0 amide bonds. The summed E-state index contributed by atoms with van der Waals surface area (Å²) in [6, 6.07) is 3.04. The van der Waals surface area contributed by atoms with Crippen LogP contribution in [0.2, 0.25) is 0 Å². The number of hydrogen-bond acceptors (Lipinski definition) is 7. The highest BCUT2D eigenvalue weighted by Crippen LogP contribution is 2.38. The second-order valence-corrected chi connectivity index (χ2v) is 6.32. The highest BCUT2D eigenvalue weighted by atomic mass is 32.2. The summed E-state index contributed by atoms with van der Waals surface area (Å²) in [7, 11) is -3.73. The summed E-state index contributed by atoms with van der Waals surface area (Å²) in [5.74, 6) is -2.30. The van der Waals surface area contributed by atoms with Gasteiger partial charge in [0.2, 0.25) is 21.4 Å². The third kappa shape index (κ3) is 2.92. The molecule has 1 aliphatic rings. The van der Waals surface area contributed by atoms with Gasteiger partial charge in [-0.15, -0.1) is 0 Å². The van der Waals surface area contributed by atoms with Crippen molar-refractivity contribution < 1.29 is 31.9 Å². The van der Waals surface area contributed by atoms with Crippen LogP contribution in [-0.4, -0.2) is 26.4 Å². The molecule has 2 heterocycles. The number of sulfonamides is 1. The molecule has 1 unspecified atom stereocenters. The average molecular weight is 315 g/mol. The summed E-state index contributed by atoms with van der Waals surface area (Å²) in [6.45, 7) is 2.47. The van der Waals surface area contributed by atoms with E-state index < -0.39 is 39.0 Å². The largest absolute Gasteiger partial charge is 0.465 e. The predicted molar refractivity (Wildman–Crippen MR) is 68.9 cm³/mol. The third-order valence-corrected chi connectivity index (χ3v) is 3.22. The molecule has 1 N–H and O–H groups in total. The van der Waals surface area contributed by atoms with E-state index >= 15 is 0 Å². The van der Waals surface area contributed by atoms with Gasteiger partial charge in [0.05, 0.1) is 12.5 Å². The van der Waals surface area contributed by atoms with Gasteiger partial charge in [0.1, 0.15) is 0 Å². The first kappa shape index (κ1) is 15.1. The molecule has 0 bridgehead atoms. The maximum atomic E-state index is 12.4. The standard InChI is InChI=1S/C12H13NO7S/c1-7(14)19-9-10(15)12(2,8-5-4-6-18-8)20-11(9)13-21(3,16)17/h4-6,13H,1-3H3. The van der Waals surface area contributed by atoms with E-state index in [9.17, 15) is 18.0 Å². The van der Waals surface area contributed by atoms with E-state index in [4.69, 9.17) is 13.9 Å². The van der Waals surface area contributed by atoms with Crippen molar-refractivity contribution in [3.63, 3.8) is 0 Å². The Labute approximate surface area is 120 Å². The van der Waals surface area contributed by atoms with Crippen LogP contribution in [0.15, 0.2) is 34.5 Å². The molecule has 21 heavy (non-hydrogen) atoms. The van der Waals surface area contributed by atoms with Gasteiger partial charge in [0.25, 0.3) is 11.7 Å². The molecule has 1 aromatic heterocycles. The van der Waals surface area contributed by atoms with Crippen LogP contribution in [0.5, 0.6) is 0 Å². The molecule has 1 aliphatic heterocycles. The Morgan fingerprint density at radius 3 is 2.57 bits per heavy atom. The smallest absolute Gasteiger partial charge is 0.308 e. The minimum atomic E-state index is -3.73. The van der Waals surface area contributed by atoms with Gasteiger partial charge in [0.15, 0.2) is 5.76 Å². The fraction of sp³-hybridized carbons (Fsp3) is 0.333. The summed E-state index contributed by atoms with van der Waals surface area (Å²) >= 11 is 0. The number of ether oxygens (including phenoxy) is 2. The minimum Gasteiger partial charge on any atom is -0.465 e. The lowest BCUT2D eigenvalue weighted by atomic mass is 9.98. The summed E-state index contributed by atoms with van der Waals surface area (Å²) in [6.07, 6.45) is 2.21. The molecular formula is C12H13NO7S. The van der Waals surface area contributed by atoms with Gasteiger partial charge in [-0.1, -0.05) is 0 Å². The van der Waals surface area contributed by atoms with Gasteiger partial charge in [-0.3, -0.25) is 14.3 Å². The number of furan rings is 1. The molecule has 2 rings (SSSR count). The maximum Gasteiger partial charge on any atom is 0.308 e. The van der Waals surface area contributed by atoms with Crippen molar-refractivity contribution in [1.82, 2.24) is 4.72 Å². The quantitative estimate of drug-likeness (QED) is 0.799. The zero-order chi connectivity index (χ0) is 15.8. The number of carbonyl (C=O) groups excluding carboxylic acids is 2. The molecule has 0 spiro atoms. The number of hydrogen-bond donors (Lipinski definition) is 1.